The van der Waals surface area contributed by atoms with Gasteiger partial charge < -0.3 is 15.8 Å². The SMILES string of the molecule is CCOc1nc(NCc2ccc(S(N)(=O)=O)cc2)nc2ccc(-c3ccc(NOC(C)(C)N)cc3)nc12. The van der Waals surface area contributed by atoms with Gasteiger partial charge in [-0.05, 0) is 62.7 Å². The third-order valence-corrected chi connectivity index (χ3v) is 6.04. The lowest BCUT2D eigenvalue weighted by molar-refractivity contribution is 0.0265. The molecule has 0 fully saturated rings. The largest absolute Gasteiger partial charge is 0.476 e. The fourth-order valence-corrected chi connectivity index (χ4v) is 3.86. The molecule has 0 unspecified atom stereocenters. The summed E-state index contributed by atoms with van der Waals surface area (Å²) >= 11 is 0. The summed E-state index contributed by atoms with van der Waals surface area (Å²) in [5.41, 5.74) is 12.2. The van der Waals surface area contributed by atoms with E-state index in [0.717, 1.165) is 22.5 Å². The number of primary sulfonamides is 1. The van der Waals surface area contributed by atoms with Crippen molar-refractivity contribution in [2.75, 3.05) is 17.4 Å². The van der Waals surface area contributed by atoms with E-state index in [9.17, 15) is 8.42 Å². The van der Waals surface area contributed by atoms with E-state index in [1.54, 1.807) is 26.0 Å². The third kappa shape index (κ3) is 6.89. The summed E-state index contributed by atoms with van der Waals surface area (Å²) in [6, 6.07) is 17.6. The number of pyridine rings is 1. The molecule has 4 rings (SSSR count). The number of benzene rings is 2. The van der Waals surface area contributed by atoms with Crippen LogP contribution in [0.4, 0.5) is 11.6 Å². The minimum atomic E-state index is -3.74. The first-order valence-electron chi connectivity index (χ1n) is 11.5. The number of nitrogens with one attached hydrogen (secondary N) is 2. The molecule has 37 heavy (non-hydrogen) atoms. The zero-order valence-electron chi connectivity index (χ0n) is 20.7. The Morgan fingerprint density at radius 2 is 1.65 bits per heavy atom. The Kier molecular flexibility index (Phi) is 7.55. The van der Waals surface area contributed by atoms with Gasteiger partial charge in [-0.1, -0.05) is 24.3 Å². The van der Waals surface area contributed by atoms with E-state index < -0.39 is 15.7 Å². The Hall–Kier alpha value is -3.84. The smallest absolute Gasteiger partial charge is 0.245 e. The van der Waals surface area contributed by atoms with Crippen LogP contribution in [0.3, 0.4) is 0 Å². The monoisotopic (exact) mass is 523 g/mol. The molecule has 0 spiro atoms. The van der Waals surface area contributed by atoms with E-state index in [1.165, 1.54) is 12.1 Å². The first kappa shape index (κ1) is 26.2. The van der Waals surface area contributed by atoms with E-state index >= 15 is 0 Å². The van der Waals surface area contributed by atoms with Gasteiger partial charge in [0.1, 0.15) is 5.72 Å². The van der Waals surface area contributed by atoms with Crippen molar-refractivity contribution in [1.29, 1.82) is 0 Å². The molecule has 0 saturated heterocycles. The average molecular weight is 524 g/mol. The Labute approximate surface area is 215 Å². The van der Waals surface area contributed by atoms with Crippen molar-refractivity contribution in [1.82, 2.24) is 15.0 Å². The molecule has 4 aromatic rings. The molecule has 0 bridgehead atoms. The second kappa shape index (κ2) is 10.6. The fourth-order valence-electron chi connectivity index (χ4n) is 3.34. The summed E-state index contributed by atoms with van der Waals surface area (Å²) in [4.78, 5) is 19.3. The highest BCUT2D eigenvalue weighted by atomic mass is 32.2. The summed E-state index contributed by atoms with van der Waals surface area (Å²) < 4.78 is 28.7. The molecule has 6 N–H and O–H groups in total. The standard InChI is InChI=1S/C25H29N7O4S/c1-4-35-23-22-21(30-24(31-23)28-15-16-5-11-19(12-6-16)37(27,33)34)14-13-20(29-22)17-7-9-18(10-8-17)32-36-25(2,3)26/h5-14,32H,4,15,26H2,1-3H3,(H2,27,33,34)(H,28,30,31). The quantitative estimate of drug-likeness (QED) is 0.179. The van der Waals surface area contributed by atoms with Crippen LogP contribution in [0.1, 0.15) is 26.3 Å². The van der Waals surface area contributed by atoms with Crippen LogP contribution < -0.4 is 26.4 Å². The molecule has 2 heterocycles. The van der Waals surface area contributed by atoms with Crippen molar-refractivity contribution in [3.8, 4) is 17.1 Å². The second-order valence-corrected chi connectivity index (χ2v) is 10.3. The van der Waals surface area contributed by atoms with Crippen LogP contribution in [0.5, 0.6) is 5.88 Å². The molecule has 2 aromatic heterocycles. The maximum atomic E-state index is 11.4. The van der Waals surface area contributed by atoms with Crippen molar-refractivity contribution in [3.63, 3.8) is 0 Å². The molecular weight excluding hydrogens is 494 g/mol. The van der Waals surface area contributed by atoms with Crippen LogP contribution >= 0.6 is 0 Å². The zero-order valence-corrected chi connectivity index (χ0v) is 21.5. The van der Waals surface area contributed by atoms with Crippen LogP contribution in [0.2, 0.25) is 0 Å². The molecule has 0 aliphatic heterocycles. The maximum Gasteiger partial charge on any atom is 0.245 e. The molecule has 0 radical (unpaired) electrons. The van der Waals surface area contributed by atoms with Crippen molar-refractivity contribution in [2.24, 2.45) is 10.9 Å². The fraction of sp³-hybridized carbons (Fsp3) is 0.240. The number of hydrogen-bond acceptors (Lipinski definition) is 10. The summed E-state index contributed by atoms with van der Waals surface area (Å²) in [5, 5.41) is 8.30. The van der Waals surface area contributed by atoms with Crippen molar-refractivity contribution >= 4 is 32.7 Å². The highest BCUT2D eigenvalue weighted by Crippen LogP contribution is 2.27. The number of aromatic nitrogens is 3. The van der Waals surface area contributed by atoms with Gasteiger partial charge in [0.15, 0.2) is 5.52 Å². The predicted molar refractivity (Wildman–Crippen MR) is 142 cm³/mol. The van der Waals surface area contributed by atoms with E-state index in [4.69, 9.17) is 25.4 Å². The summed E-state index contributed by atoms with van der Waals surface area (Å²) in [6.07, 6.45) is 0. The van der Waals surface area contributed by atoms with Gasteiger partial charge in [-0.2, -0.15) is 4.98 Å². The van der Waals surface area contributed by atoms with Gasteiger partial charge in [-0.25, -0.2) is 23.5 Å². The molecule has 11 nitrogen and oxygen atoms in total. The van der Waals surface area contributed by atoms with E-state index in [-0.39, 0.29) is 4.90 Å². The molecule has 0 amide bonds. The van der Waals surface area contributed by atoms with Crippen LogP contribution in [0.15, 0.2) is 65.6 Å². The van der Waals surface area contributed by atoms with Gasteiger partial charge in [-0.3, -0.25) is 10.3 Å². The normalized spacial score (nSPS) is 11.9. The maximum absolute atomic E-state index is 11.4. The molecule has 0 aliphatic rings. The number of fused-ring (bicyclic) bond motifs is 1. The second-order valence-electron chi connectivity index (χ2n) is 8.78. The molecule has 0 aliphatic carbocycles. The minimum Gasteiger partial charge on any atom is -0.476 e. The van der Waals surface area contributed by atoms with Gasteiger partial charge >= 0.3 is 0 Å². The number of nitrogens with two attached hydrogens (primary N) is 2. The predicted octanol–water partition coefficient (Wildman–Crippen LogP) is 3.39. The third-order valence-electron chi connectivity index (χ3n) is 5.11. The number of nitrogens with zero attached hydrogens (tertiary/aromatic N) is 3. The average Bonchev–Trinajstić information content (AvgIpc) is 2.86. The number of rotatable bonds is 10. The highest BCUT2D eigenvalue weighted by molar-refractivity contribution is 7.89. The number of sulfonamides is 1. The Bertz CT molecular complexity index is 1490. The lowest BCUT2D eigenvalue weighted by Gasteiger charge is -2.19. The van der Waals surface area contributed by atoms with Gasteiger partial charge in [0.05, 0.1) is 28.4 Å². The topological polar surface area (TPSA) is 167 Å². The van der Waals surface area contributed by atoms with Gasteiger partial charge in [0, 0.05) is 12.1 Å². The molecule has 0 saturated carbocycles. The minimum absolute atomic E-state index is 0.0532. The summed E-state index contributed by atoms with van der Waals surface area (Å²) in [6.45, 7) is 6.15. The Balaban J connectivity index is 1.54. The van der Waals surface area contributed by atoms with Gasteiger partial charge in [-0.15, -0.1) is 0 Å². The van der Waals surface area contributed by atoms with Crippen molar-refractivity contribution < 1.29 is 18.0 Å². The van der Waals surface area contributed by atoms with Crippen LogP contribution in [-0.2, 0) is 21.4 Å². The number of anilines is 2. The summed E-state index contributed by atoms with van der Waals surface area (Å²) in [7, 11) is -3.74. The van der Waals surface area contributed by atoms with E-state index in [0.29, 0.717) is 36.0 Å². The Morgan fingerprint density at radius 3 is 2.27 bits per heavy atom. The van der Waals surface area contributed by atoms with Crippen molar-refractivity contribution in [2.45, 2.75) is 37.9 Å². The Morgan fingerprint density at radius 1 is 0.946 bits per heavy atom. The lowest BCUT2D eigenvalue weighted by Crippen LogP contribution is -2.37. The highest BCUT2D eigenvalue weighted by Gasteiger charge is 2.14. The van der Waals surface area contributed by atoms with Crippen LogP contribution in [0, 0.1) is 0 Å². The summed E-state index contributed by atoms with van der Waals surface area (Å²) in [5.74, 6) is 0.720. The first-order chi connectivity index (χ1) is 17.5. The van der Waals surface area contributed by atoms with Gasteiger partial charge in [0.2, 0.25) is 21.9 Å². The lowest BCUT2D eigenvalue weighted by atomic mass is 10.1. The van der Waals surface area contributed by atoms with E-state index in [2.05, 4.69) is 20.8 Å². The molecule has 194 valence electrons. The molecule has 0 atom stereocenters. The molecule has 12 heteroatoms. The number of ether oxygens (including phenoxy) is 1. The van der Waals surface area contributed by atoms with E-state index in [1.807, 2.05) is 43.3 Å². The van der Waals surface area contributed by atoms with Gasteiger partial charge in [0.25, 0.3) is 0 Å². The molecular formula is C25H29N7O4S. The van der Waals surface area contributed by atoms with Crippen molar-refractivity contribution in [3.05, 3.63) is 66.2 Å². The van der Waals surface area contributed by atoms with Crippen LogP contribution in [-0.4, -0.2) is 35.7 Å². The first-order valence-corrected chi connectivity index (χ1v) is 13.1. The number of hydrogen-bond donors (Lipinski definition) is 4. The molecule has 2 aromatic carbocycles. The van der Waals surface area contributed by atoms with Crippen LogP contribution in [0.25, 0.3) is 22.3 Å². The zero-order chi connectivity index (χ0) is 26.6.